The lowest BCUT2D eigenvalue weighted by Gasteiger charge is -2.56. The van der Waals surface area contributed by atoms with Crippen LogP contribution in [0.25, 0.3) is 0 Å². The molecule has 6 rings (SSSR count). The minimum atomic E-state index is -0.279. The number of nitrogens with zero attached hydrogens (tertiary/aromatic N) is 3. The highest BCUT2D eigenvalue weighted by Gasteiger charge is 2.57. The van der Waals surface area contributed by atoms with Crippen molar-refractivity contribution in [1.82, 2.24) is 14.7 Å². The van der Waals surface area contributed by atoms with E-state index in [9.17, 15) is 14.4 Å². The van der Waals surface area contributed by atoms with E-state index in [4.69, 9.17) is 0 Å². The van der Waals surface area contributed by atoms with E-state index in [1.807, 2.05) is 14.7 Å². The fourth-order valence-corrected chi connectivity index (χ4v) is 7.90. The van der Waals surface area contributed by atoms with Crippen LogP contribution < -0.4 is 0 Å². The third kappa shape index (κ3) is 4.07. The minimum absolute atomic E-state index is 0.120. The molecule has 2 aliphatic heterocycles. The summed E-state index contributed by atoms with van der Waals surface area (Å²) < 4.78 is 0. The summed E-state index contributed by atoms with van der Waals surface area (Å²) in [5, 5.41) is 0. The Morgan fingerprint density at radius 3 is 1.97 bits per heavy atom. The highest BCUT2D eigenvalue weighted by molar-refractivity contribution is 5.91. The standard InChI is InChI=1S/C26H41N3O3/c1-18(2)5-6-23(30)27-8-10-28(11-9-27)24(31)22-4-3-7-29(22)25(32)26-15-19-12-20(16-26)14-21(13-19)17-26/h18-22H,3-17H2,1-2H3. The van der Waals surface area contributed by atoms with Crippen LogP contribution in [0.4, 0.5) is 0 Å². The first-order valence-electron chi connectivity index (χ1n) is 13.2. The molecule has 0 spiro atoms. The van der Waals surface area contributed by atoms with Crippen LogP contribution >= 0.6 is 0 Å². The summed E-state index contributed by atoms with van der Waals surface area (Å²) in [6, 6.07) is -0.279. The molecule has 2 saturated heterocycles. The van der Waals surface area contributed by atoms with Gasteiger partial charge >= 0.3 is 0 Å². The molecule has 0 aromatic heterocycles. The van der Waals surface area contributed by atoms with Gasteiger partial charge in [0.15, 0.2) is 0 Å². The molecule has 6 fully saturated rings. The van der Waals surface area contributed by atoms with Gasteiger partial charge in [-0.1, -0.05) is 13.8 Å². The largest absolute Gasteiger partial charge is 0.339 e. The fourth-order valence-electron chi connectivity index (χ4n) is 7.90. The van der Waals surface area contributed by atoms with E-state index < -0.39 is 0 Å². The first-order chi connectivity index (χ1) is 15.3. The molecule has 0 aromatic carbocycles. The quantitative estimate of drug-likeness (QED) is 0.655. The van der Waals surface area contributed by atoms with Crippen molar-refractivity contribution < 1.29 is 14.4 Å². The second-order valence-electron chi connectivity index (χ2n) is 12.0. The Bertz CT molecular complexity index is 720. The van der Waals surface area contributed by atoms with Crippen molar-refractivity contribution >= 4 is 17.7 Å². The van der Waals surface area contributed by atoms with Crippen LogP contribution in [-0.4, -0.2) is 71.2 Å². The zero-order chi connectivity index (χ0) is 22.5. The number of hydrogen-bond donors (Lipinski definition) is 0. The zero-order valence-electron chi connectivity index (χ0n) is 20.1. The molecule has 1 unspecified atom stereocenters. The van der Waals surface area contributed by atoms with Gasteiger partial charge < -0.3 is 14.7 Å². The molecule has 4 aliphatic carbocycles. The number of carbonyl (C=O) groups excluding carboxylic acids is 3. The van der Waals surface area contributed by atoms with E-state index >= 15 is 0 Å². The first kappa shape index (κ1) is 22.2. The van der Waals surface area contributed by atoms with Crippen LogP contribution in [0, 0.1) is 29.1 Å². The van der Waals surface area contributed by atoms with Crippen LogP contribution in [0.1, 0.15) is 78.1 Å². The van der Waals surface area contributed by atoms with Crippen molar-refractivity contribution in [3.8, 4) is 0 Å². The molecular formula is C26H41N3O3. The number of likely N-dealkylation sites (tertiary alicyclic amines) is 1. The second-order valence-corrected chi connectivity index (χ2v) is 12.0. The molecule has 1 atom stereocenters. The fraction of sp³-hybridized carbons (Fsp3) is 0.885. The predicted octanol–water partition coefficient (Wildman–Crippen LogP) is 3.30. The molecule has 0 radical (unpaired) electrons. The van der Waals surface area contributed by atoms with Crippen LogP contribution in [0.3, 0.4) is 0 Å². The maximum absolute atomic E-state index is 13.9. The molecule has 0 aromatic rings. The maximum atomic E-state index is 13.9. The van der Waals surface area contributed by atoms with E-state index in [1.54, 1.807) is 0 Å². The van der Waals surface area contributed by atoms with E-state index in [2.05, 4.69) is 13.8 Å². The number of carbonyl (C=O) groups is 3. The molecule has 0 N–H and O–H groups in total. The van der Waals surface area contributed by atoms with Gasteiger partial charge in [-0.05, 0) is 81.5 Å². The Kier molecular flexibility index (Phi) is 6.00. The van der Waals surface area contributed by atoms with Crippen molar-refractivity contribution in [1.29, 1.82) is 0 Å². The Morgan fingerprint density at radius 2 is 1.41 bits per heavy atom. The lowest BCUT2D eigenvalue weighted by atomic mass is 9.49. The van der Waals surface area contributed by atoms with Gasteiger partial charge in [0.1, 0.15) is 6.04 Å². The predicted molar refractivity (Wildman–Crippen MR) is 123 cm³/mol. The molecule has 178 valence electrons. The average Bonchev–Trinajstić information content (AvgIpc) is 3.25. The molecule has 6 nitrogen and oxygen atoms in total. The van der Waals surface area contributed by atoms with Crippen molar-refractivity contribution in [3.05, 3.63) is 0 Å². The highest BCUT2D eigenvalue weighted by atomic mass is 16.2. The zero-order valence-corrected chi connectivity index (χ0v) is 20.1. The topological polar surface area (TPSA) is 60.9 Å². The summed E-state index contributed by atoms with van der Waals surface area (Å²) in [6.07, 6.45) is 10.4. The van der Waals surface area contributed by atoms with Crippen LogP contribution in [-0.2, 0) is 14.4 Å². The molecular weight excluding hydrogens is 402 g/mol. The lowest BCUT2D eigenvalue weighted by Crippen LogP contribution is -2.59. The second kappa shape index (κ2) is 8.64. The smallest absolute Gasteiger partial charge is 0.245 e. The van der Waals surface area contributed by atoms with Gasteiger partial charge in [-0.15, -0.1) is 0 Å². The third-order valence-corrected chi connectivity index (χ3v) is 9.17. The van der Waals surface area contributed by atoms with Crippen LogP contribution in [0.15, 0.2) is 0 Å². The number of rotatable bonds is 5. The van der Waals surface area contributed by atoms with E-state index in [0.29, 0.717) is 44.4 Å². The SMILES string of the molecule is CC(C)CCC(=O)N1CCN(C(=O)C2CCCN2C(=O)C23CC4CC(CC(C4)C2)C3)CC1. The molecule has 4 saturated carbocycles. The summed E-state index contributed by atoms with van der Waals surface area (Å²) in [5.74, 6) is 3.38. The van der Waals surface area contributed by atoms with Gasteiger partial charge in [0.25, 0.3) is 0 Å². The molecule has 32 heavy (non-hydrogen) atoms. The van der Waals surface area contributed by atoms with Gasteiger partial charge in [-0.25, -0.2) is 0 Å². The summed E-state index contributed by atoms with van der Waals surface area (Å²) in [5.41, 5.74) is -0.168. The summed E-state index contributed by atoms with van der Waals surface area (Å²) >= 11 is 0. The van der Waals surface area contributed by atoms with Gasteiger partial charge in [-0.3, -0.25) is 14.4 Å². The lowest BCUT2D eigenvalue weighted by molar-refractivity contribution is -0.162. The van der Waals surface area contributed by atoms with E-state index in [-0.39, 0.29) is 23.3 Å². The molecule has 2 heterocycles. The minimum Gasteiger partial charge on any atom is -0.339 e. The first-order valence-corrected chi connectivity index (χ1v) is 13.2. The van der Waals surface area contributed by atoms with E-state index in [1.165, 1.54) is 19.3 Å². The Labute approximate surface area is 193 Å². The molecule has 6 heteroatoms. The van der Waals surface area contributed by atoms with E-state index in [0.717, 1.165) is 62.8 Å². The van der Waals surface area contributed by atoms with Crippen LogP contribution in [0.5, 0.6) is 0 Å². The van der Waals surface area contributed by atoms with Crippen molar-refractivity contribution in [2.24, 2.45) is 29.1 Å². The Hall–Kier alpha value is -1.59. The van der Waals surface area contributed by atoms with Gasteiger partial charge in [0.05, 0.1) is 5.41 Å². The Morgan fingerprint density at radius 1 is 0.844 bits per heavy atom. The number of piperazine rings is 1. The van der Waals surface area contributed by atoms with Crippen molar-refractivity contribution in [2.45, 2.75) is 84.1 Å². The van der Waals surface area contributed by atoms with Gasteiger partial charge in [0, 0.05) is 39.1 Å². The molecule has 4 bridgehead atoms. The van der Waals surface area contributed by atoms with Crippen molar-refractivity contribution in [2.75, 3.05) is 32.7 Å². The average molecular weight is 444 g/mol. The summed E-state index contributed by atoms with van der Waals surface area (Å²) in [4.78, 5) is 45.6. The Balaban J connectivity index is 1.19. The van der Waals surface area contributed by atoms with Gasteiger partial charge in [0.2, 0.25) is 17.7 Å². The highest BCUT2D eigenvalue weighted by Crippen LogP contribution is 2.60. The summed E-state index contributed by atoms with van der Waals surface area (Å²) in [6.45, 7) is 7.47. The van der Waals surface area contributed by atoms with Crippen LogP contribution in [0.2, 0.25) is 0 Å². The normalized spacial score (nSPS) is 36.3. The third-order valence-electron chi connectivity index (χ3n) is 9.17. The van der Waals surface area contributed by atoms with Gasteiger partial charge in [-0.2, -0.15) is 0 Å². The summed E-state index contributed by atoms with van der Waals surface area (Å²) in [7, 11) is 0. The molecule has 3 amide bonds. The van der Waals surface area contributed by atoms with Crippen molar-refractivity contribution in [3.63, 3.8) is 0 Å². The maximum Gasteiger partial charge on any atom is 0.245 e. The monoisotopic (exact) mass is 443 g/mol. The molecule has 6 aliphatic rings. The number of hydrogen-bond acceptors (Lipinski definition) is 3. The number of amides is 3.